The number of halogens is 1. The summed E-state index contributed by atoms with van der Waals surface area (Å²) in [5, 5.41) is 3.45. The molecular weight excluding hydrogens is 324 g/mol. The van der Waals surface area contributed by atoms with Gasteiger partial charge in [-0.1, -0.05) is 55.8 Å². The van der Waals surface area contributed by atoms with E-state index in [2.05, 4.69) is 86.0 Å². The molecule has 0 radical (unpaired) electrons. The maximum Gasteiger partial charge on any atom is 0.0244 e. The van der Waals surface area contributed by atoms with Crippen LogP contribution in [0.4, 0.5) is 0 Å². The second kappa shape index (κ2) is 8.30. The van der Waals surface area contributed by atoms with Gasteiger partial charge in [0.1, 0.15) is 0 Å². The van der Waals surface area contributed by atoms with E-state index >= 15 is 0 Å². The van der Waals surface area contributed by atoms with Crippen molar-refractivity contribution >= 4 is 15.9 Å². The maximum absolute atomic E-state index is 3.73. The Hall–Kier alpha value is -0.380. The molecule has 1 atom stereocenters. The zero-order valence-corrected chi connectivity index (χ0v) is 16.0. The highest BCUT2D eigenvalue weighted by Crippen LogP contribution is 2.26. The van der Waals surface area contributed by atoms with Crippen LogP contribution in [-0.4, -0.2) is 24.5 Å². The monoisotopic (exact) mass is 354 g/mol. The Kier molecular flexibility index (Phi) is 7.38. The lowest BCUT2D eigenvalue weighted by Gasteiger charge is -2.35. The first kappa shape index (κ1) is 18.7. The molecule has 0 aliphatic carbocycles. The molecule has 120 valence electrons. The quantitative estimate of drug-likeness (QED) is 0.706. The molecule has 1 aromatic rings. The number of hydrogen-bond acceptors (Lipinski definition) is 2. The molecule has 0 aliphatic heterocycles. The third kappa shape index (κ3) is 6.09. The average Bonchev–Trinajstić information content (AvgIpc) is 2.40. The van der Waals surface area contributed by atoms with Gasteiger partial charge >= 0.3 is 0 Å². The van der Waals surface area contributed by atoms with E-state index in [1.165, 1.54) is 22.0 Å². The molecule has 0 spiro atoms. The Morgan fingerprint density at radius 3 is 2.48 bits per heavy atom. The Labute approximate surface area is 139 Å². The van der Waals surface area contributed by atoms with Crippen LogP contribution in [0.3, 0.4) is 0 Å². The molecule has 0 saturated heterocycles. The van der Waals surface area contributed by atoms with Crippen LogP contribution in [0, 0.1) is 5.41 Å². The summed E-state index contributed by atoms with van der Waals surface area (Å²) in [7, 11) is 2.21. The minimum Gasteiger partial charge on any atom is -0.313 e. The van der Waals surface area contributed by atoms with Crippen LogP contribution in [0.2, 0.25) is 0 Å². The first-order valence-electron chi connectivity index (χ1n) is 7.94. The standard InChI is InChI=1S/C18H31BrN2/c1-7-10-20-12-15-8-9-16(17(19)11-15)13-21(6)14(2)18(3,4)5/h8-9,11,14,20H,7,10,12-13H2,1-6H3. The number of hydrogen-bond donors (Lipinski definition) is 1. The largest absolute Gasteiger partial charge is 0.313 e. The van der Waals surface area contributed by atoms with E-state index in [4.69, 9.17) is 0 Å². The summed E-state index contributed by atoms with van der Waals surface area (Å²) >= 11 is 3.73. The molecule has 0 aliphatic rings. The third-order valence-electron chi connectivity index (χ3n) is 4.21. The fourth-order valence-corrected chi connectivity index (χ4v) is 2.86. The maximum atomic E-state index is 3.73. The number of benzene rings is 1. The predicted octanol–water partition coefficient (Wildman–Crippen LogP) is 4.82. The van der Waals surface area contributed by atoms with Crippen molar-refractivity contribution in [2.45, 2.75) is 60.2 Å². The minimum atomic E-state index is 0.297. The molecule has 0 fully saturated rings. The Morgan fingerprint density at radius 1 is 1.29 bits per heavy atom. The first-order chi connectivity index (χ1) is 9.75. The third-order valence-corrected chi connectivity index (χ3v) is 4.95. The van der Waals surface area contributed by atoms with Gasteiger partial charge in [-0.3, -0.25) is 4.90 Å². The van der Waals surface area contributed by atoms with E-state index in [1.807, 2.05) is 0 Å². The molecule has 0 bridgehead atoms. The summed E-state index contributed by atoms with van der Waals surface area (Å²) in [4.78, 5) is 2.43. The van der Waals surface area contributed by atoms with Crippen LogP contribution in [0.25, 0.3) is 0 Å². The van der Waals surface area contributed by atoms with Gasteiger partial charge in [-0.05, 0) is 49.5 Å². The second-order valence-electron chi connectivity index (χ2n) is 7.06. The predicted molar refractivity (Wildman–Crippen MR) is 96.5 cm³/mol. The van der Waals surface area contributed by atoms with Crippen molar-refractivity contribution in [2.24, 2.45) is 5.41 Å². The van der Waals surface area contributed by atoms with E-state index in [1.54, 1.807) is 0 Å². The van der Waals surface area contributed by atoms with Gasteiger partial charge in [0.05, 0.1) is 0 Å². The van der Waals surface area contributed by atoms with Crippen LogP contribution in [0.5, 0.6) is 0 Å². The van der Waals surface area contributed by atoms with Crippen LogP contribution in [-0.2, 0) is 13.1 Å². The molecule has 0 aromatic heterocycles. The second-order valence-corrected chi connectivity index (χ2v) is 7.91. The topological polar surface area (TPSA) is 15.3 Å². The van der Waals surface area contributed by atoms with Gasteiger partial charge in [-0.2, -0.15) is 0 Å². The van der Waals surface area contributed by atoms with Crippen molar-refractivity contribution in [3.63, 3.8) is 0 Å². The van der Waals surface area contributed by atoms with Crippen LogP contribution in [0.15, 0.2) is 22.7 Å². The molecule has 0 saturated carbocycles. The smallest absolute Gasteiger partial charge is 0.0244 e. The highest BCUT2D eigenvalue weighted by Gasteiger charge is 2.24. The Balaban J connectivity index is 2.68. The van der Waals surface area contributed by atoms with E-state index in [0.717, 1.165) is 19.6 Å². The lowest BCUT2D eigenvalue weighted by atomic mass is 9.87. The highest BCUT2D eigenvalue weighted by atomic mass is 79.9. The van der Waals surface area contributed by atoms with Gasteiger partial charge < -0.3 is 5.32 Å². The fourth-order valence-electron chi connectivity index (χ4n) is 2.31. The van der Waals surface area contributed by atoms with Crippen molar-refractivity contribution in [3.05, 3.63) is 33.8 Å². The zero-order chi connectivity index (χ0) is 16.0. The molecule has 2 nitrogen and oxygen atoms in total. The van der Waals surface area contributed by atoms with Crippen molar-refractivity contribution in [1.29, 1.82) is 0 Å². The number of rotatable bonds is 7. The normalized spacial score (nSPS) is 13.7. The minimum absolute atomic E-state index is 0.297. The molecular formula is C18H31BrN2. The van der Waals surface area contributed by atoms with Gasteiger partial charge in [0.25, 0.3) is 0 Å². The van der Waals surface area contributed by atoms with Gasteiger partial charge in [0.2, 0.25) is 0 Å². The van der Waals surface area contributed by atoms with Crippen LogP contribution in [0.1, 0.15) is 52.2 Å². The summed E-state index contributed by atoms with van der Waals surface area (Å²) in [5.41, 5.74) is 2.99. The van der Waals surface area contributed by atoms with E-state index in [-0.39, 0.29) is 0 Å². The van der Waals surface area contributed by atoms with Crippen molar-refractivity contribution in [1.82, 2.24) is 10.2 Å². The zero-order valence-electron chi connectivity index (χ0n) is 14.5. The fraction of sp³-hybridized carbons (Fsp3) is 0.667. The van der Waals surface area contributed by atoms with Gasteiger partial charge in [-0.15, -0.1) is 0 Å². The molecule has 1 aromatic carbocycles. The summed E-state index contributed by atoms with van der Waals surface area (Å²) in [6.45, 7) is 14.4. The van der Waals surface area contributed by atoms with Crippen molar-refractivity contribution in [3.8, 4) is 0 Å². The van der Waals surface area contributed by atoms with E-state index < -0.39 is 0 Å². The summed E-state index contributed by atoms with van der Waals surface area (Å²) in [6.07, 6.45) is 1.18. The van der Waals surface area contributed by atoms with E-state index in [9.17, 15) is 0 Å². The summed E-state index contributed by atoms with van der Waals surface area (Å²) in [6, 6.07) is 7.26. The average molecular weight is 355 g/mol. The van der Waals surface area contributed by atoms with Crippen LogP contribution >= 0.6 is 15.9 Å². The van der Waals surface area contributed by atoms with Gasteiger partial charge in [-0.25, -0.2) is 0 Å². The summed E-state index contributed by atoms with van der Waals surface area (Å²) < 4.78 is 1.21. The number of nitrogens with one attached hydrogen (secondary N) is 1. The molecule has 1 N–H and O–H groups in total. The molecule has 0 amide bonds. The van der Waals surface area contributed by atoms with Crippen molar-refractivity contribution in [2.75, 3.05) is 13.6 Å². The SMILES string of the molecule is CCCNCc1ccc(CN(C)C(C)C(C)(C)C)c(Br)c1. The molecule has 3 heteroatoms. The Bertz CT molecular complexity index is 437. The van der Waals surface area contributed by atoms with Gasteiger partial charge in [0.15, 0.2) is 0 Å². The first-order valence-corrected chi connectivity index (χ1v) is 8.73. The van der Waals surface area contributed by atoms with Crippen LogP contribution < -0.4 is 5.32 Å². The molecule has 0 heterocycles. The lowest BCUT2D eigenvalue weighted by Crippen LogP contribution is -2.38. The molecule has 1 unspecified atom stereocenters. The van der Waals surface area contributed by atoms with Crippen molar-refractivity contribution < 1.29 is 0 Å². The Morgan fingerprint density at radius 2 is 1.95 bits per heavy atom. The highest BCUT2D eigenvalue weighted by molar-refractivity contribution is 9.10. The summed E-state index contributed by atoms with van der Waals surface area (Å²) in [5.74, 6) is 0. The van der Waals surface area contributed by atoms with Gasteiger partial charge in [0, 0.05) is 23.6 Å². The number of nitrogens with zero attached hydrogens (tertiary/aromatic N) is 1. The molecule has 21 heavy (non-hydrogen) atoms. The van der Waals surface area contributed by atoms with E-state index in [0.29, 0.717) is 11.5 Å². The lowest BCUT2D eigenvalue weighted by molar-refractivity contribution is 0.134. The molecule has 1 rings (SSSR count).